The minimum absolute atomic E-state index is 0.468. The van der Waals surface area contributed by atoms with E-state index in [0.29, 0.717) is 5.17 Å². The van der Waals surface area contributed by atoms with Gasteiger partial charge in [0.05, 0.1) is 0 Å². The van der Waals surface area contributed by atoms with Crippen LogP contribution in [-0.2, 0) is 0 Å². The lowest BCUT2D eigenvalue weighted by atomic mass is 11.2. The van der Waals surface area contributed by atoms with Crippen LogP contribution in [0.5, 0.6) is 0 Å². The largest absolute Gasteiger partial charge is 0.475 e. The van der Waals surface area contributed by atoms with Crippen LogP contribution in [0.3, 0.4) is 0 Å². The molecule has 6 heavy (non-hydrogen) atoms. The summed E-state index contributed by atoms with van der Waals surface area (Å²) in [6.07, 6.45) is 2.32. The summed E-state index contributed by atoms with van der Waals surface area (Å²) in [6.45, 7) is 0. The van der Waals surface area contributed by atoms with E-state index < -0.39 is 0 Å². The number of aliphatic imine (C=N–C) groups is 1. The molecule has 1 aliphatic rings. The van der Waals surface area contributed by atoms with Crippen molar-refractivity contribution < 1.29 is 0 Å². The minimum atomic E-state index is 0.468. The van der Waals surface area contributed by atoms with Crippen molar-refractivity contribution in [1.29, 1.82) is 0 Å². The van der Waals surface area contributed by atoms with Crippen molar-refractivity contribution in [1.82, 2.24) is 4.40 Å². The van der Waals surface area contributed by atoms with Crippen molar-refractivity contribution in [3.05, 3.63) is 0 Å². The maximum atomic E-state index is 5.09. The number of hydrogen-bond donors (Lipinski definition) is 1. The SMILES string of the molecule is NC1=N[C]=[N+]S1. The Kier molecular flexibility index (Phi) is 0.795. The minimum Gasteiger partial charge on any atom is -0.354 e. The maximum absolute atomic E-state index is 5.09. The van der Waals surface area contributed by atoms with Crippen molar-refractivity contribution in [2.45, 2.75) is 0 Å². The van der Waals surface area contributed by atoms with Crippen LogP contribution in [0.2, 0.25) is 0 Å². The molecule has 0 fully saturated rings. The fourth-order valence-corrected chi connectivity index (χ4v) is 0.414. The van der Waals surface area contributed by atoms with E-state index in [1.54, 1.807) is 0 Å². The van der Waals surface area contributed by atoms with Crippen molar-refractivity contribution >= 4 is 23.5 Å². The molecule has 0 spiro atoms. The summed E-state index contributed by atoms with van der Waals surface area (Å²) in [5.41, 5.74) is 5.09. The zero-order valence-electron chi connectivity index (χ0n) is 2.88. The average molecular weight is 100 g/mol. The normalized spacial score (nSPS) is 18.3. The van der Waals surface area contributed by atoms with Crippen molar-refractivity contribution in [2.24, 2.45) is 10.7 Å². The molecule has 0 saturated carbocycles. The fourth-order valence-electron chi connectivity index (χ4n) is 0.157. The van der Waals surface area contributed by atoms with Gasteiger partial charge in [-0.3, -0.25) is 0 Å². The molecule has 0 aliphatic carbocycles. The number of hydrogen-bond acceptors (Lipinski definition) is 4. The molecule has 0 aromatic carbocycles. The summed E-state index contributed by atoms with van der Waals surface area (Å²) in [4.78, 5) is 3.48. The molecule has 2 N–H and O–H groups in total. The second kappa shape index (κ2) is 1.30. The molecule has 4 heteroatoms. The van der Waals surface area contributed by atoms with Gasteiger partial charge in [-0.1, -0.05) is 0 Å². The zero-order chi connectivity index (χ0) is 4.41. The number of nitrogens with zero attached hydrogens (tertiary/aromatic N) is 2. The Balaban J connectivity index is 2.61. The molecule has 0 amide bonds. The van der Waals surface area contributed by atoms with Gasteiger partial charge in [0.2, 0.25) is 11.9 Å². The lowest BCUT2D eigenvalue weighted by Gasteiger charge is -1.61. The van der Waals surface area contributed by atoms with Crippen LogP contribution in [0.4, 0.5) is 0 Å². The van der Waals surface area contributed by atoms with Crippen LogP contribution in [0.15, 0.2) is 4.99 Å². The van der Waals surface area contributed by atoms with Crippen LogP contribution in [0.25, 0.3) is 0 Å². The Labute approximate surface area is 39.5 Å². The molecule has 0 bridgehead atoms. The maximum Gasteiger partial charge on any atom is 0.475 e. The fraction of sp³-hybridized carbons (Fsp3) is 0. The second-order valence-electron chi connectivity index (χ2n) is 0.733. The predicted octanol–water partition coefficient (Wildman–Crippen LogP) is -0.796. The summed E-state index contributed by atoms with van der Waals surface area (Å²) in [5.74, 6) is 0. The Morgan fingerprint density at radius 2 is 2.83 bits per heavy atom. The van der Waals surface area contributed by atoms with E-state index in [1.807, 2.05) is 0 Å². The van der Waals surface area contributed by atoms with Gasteiger partial charge in [-0.25, -0.2) is 0 Å². The Hall–Kier alpha value is -0.510. The summed E-state index contributed by atoms with van der Waals surface area (Å²) in [6, 6.07) is 0. The topological polar surface area (TPSA) is 52.5 Å². The molecule has 1 aliphatic heterocycles. The quantitative estimate of drug-likeness (QED) is 0.405. The highest BCUT2D eigenvalue weighted by molar-refractivity contribution is 8.12. The van der Waals surface area contributed by atoms with Gasteiger partial charge in [0.1, 0.15) is 0 Å². The zero-order valence-corrected chi connectivity index (χ0v) is 3.70. The van der Waals surface area contributed by atoms with E-state index in [4.69, 9.17) is 5.73 Å². The van der Waals surface area contributed by atoms with Crippen LogP contribution >= 0.6 is 11.9 Å². The standard InChI is InChI=1S/C2H2N3S/c3-2-4-1-5-6-2/h(H2,3,4)/q+1. The van der Waals surface area contributed by atoms with Gasteiger partial charge < -0.3 is 5.73 Å². The molecule has 0 aromatic heterocycles. The van der Waals surface area contributed by atoms with E-state index in [-0.39, 0.29) is 0 Å². The number of nitrogens with two attached hydrogens (primary N) is 1. The molecule has 0 unspecified atom stereocenters. The average Bonchev–Trinajstić information content (AvgIpc) is 1.86. The summed E-state index contributed by atoms with van der Waals surface area (Å²) in [5, 5.41) is 0.468. The number of amidine groups is 1. The Morgan fingerprint density at radius 3 is 3.00 bits per heavy atom. The summed E-state index contributed by atoms with van der Waals surface area (Å²) < 4.78 is 3.50. The highest BCUT2D eigenvalue weighted by Gasteiger charge is 2.10. The molecule has 3 nitrogen and oxygen atoms in total. The lowest BCUT2D eigenvalue weighted by Crippen LogP contribution is -2.02. The van der Waals surface area contributed by atoms with Gasteiger partial charge >= 0.3 is 11.5 Å². The highest BCUT2D eigenvalue weighted by atomic mass is 32.2. The van der Waals surface area contributed by atoms with Gasteiger partial charge in [-0.05, 0) is 0 Å². The summed E-state index contributed by atoms with van der Waals surface area (Å²) in [7, 11) is 0. The van der Waals surface area contributed by atoms with E-state index in [0.717, 1.165) is 11.9 Å². The first-order valence-electron chi connectivity index (χ1n) is 1.35. The number of rotatable bonds is 0. The van der Waals surface area contributed by atoms with Gasteiger partial charge in [0, 0.05) is 9.39 Å². The van der Waals surface area contributed by atoms with Gasteiger partial charge in [0.15, 0.2) is 0 Å². The molecular formula is C2H2N3S+. The summed E-state index contributed by atoms with van der Waals surface area (Å²) >= 11 is 1.14. The van der Waals surface area contributed by atoms with Gasteiger partial charge in [0.25, 0.3) is 0 Å². The first kappa shape index (κ1) is 3.67. The molecular weight excluding hydrogens is 98.1 g/mol. The van der Waals surface area contributed by atoms with E-state index in [2.05, 4.69) is 15.7 Å². The second-order valence-corrected chi connectivity index (χ2v) is 1.52. The van der Waals surface area contributed by atoms with Crippen LogP contribution in [0.1, 0.15) is 0 Å². The van der Waals surface area contributed by atoms with Crippen LogP contribution in [0, 0.1) is 0 Å². The van der Waals surface area contributed by atoms with E-state index in [9.17, 15) is 0 Å². The smallest absolute Gasteiger partial charge is 0.354 e. The van der Waals surface area contributed by atoms with Crippen LogP contribution < -0.4 is 10.1 Å². The lowest BCUT2D eigenvalue weighted by molar-refractivity contribution is 1.67. The van der Waals surface area contributed by atoms with Crippen molar-refractivity contribution in [2.75, 3.05) is 0 Å². The Morgan fingerprint density at radius 1 is 2.00 bits per heavy atom. The van der Waals surface area contributed by atoms with Gasteiger partial charge in [-0.2, -0.15) is 0 Å². The monoisotopic (exact) mass is 100.0 g/mol. The highest BCUT2D eigenvalue weighted by Crippen LogP contribution is 1.93. The molecule has 0 saturated heterocycles. The molecule has 1 rings (SSSR count). The first-order valence-corrected chi connectivity index (χ1v) is 2.12. The van der Waals surface area contributed by atoms with Crippen molar-refractivity contribution in [3.8, 4) is 0 Å². The van der Waals surface area contributed by atoms with Crippen LogP contribution in [-0.4, -0.2) is 11.5 Å². The van der Waals surface area contributed by atoms with E-state index >= 15 is 0 Å². The molecule has 2 radical (unpaired) electrons. The van der Waals surface area contributed by atoms with E-state index in [1.165, 1.54) is 0 Å². The third-order valence-electron chi connectivity index (χ3n) is 0.340. The first-order chi connectivity index (χ1) is 2.89. The predicted molar refractivity (Wildman–Crippen MR) is 26.4 cm³/mol. The third-order valence-corrected chi connectivity index (χ3v) is 0.791. The van der Waals surface area contributed by atoms with Gasteiger partial charge in [-0.15, -0.1) is 0 Å². The molecule has 0 atom stereocenters. The molecule has 0 aromatic rings. The third kappa shape index (κ3) is 0.514. The van der Waals surface area contributed by atoms with Crippen molar-refractivity contribution in [3.63, 3.8) is 0 Å². The Bertz CT molecular complexity index is 105. The molecule has 1 heterocycles. The molecule has 30 valence electrons.